The molecule has 1 aliphatic rings. The summed E-state index contributed by atoms with van der Waals surface area (Å²) in [7, 11) is 0. The van der Waals surface area contributed by atoms with Gasteiger partial charge in [0, 0.05) is 17.4 Å². The summed E-state index contributed by atoms with van der Waals surface area (Å²) in [4.78, 5) is 30.0. The molecule has 17 heavy (non-hydrogen) atoms. The Morgan fingerprint density at radius 2 is 2.24 bits per heavy atom. The molecule has 88 valence electrons. The van der Waals surface area contributed by atoms with Crippen LogP contribution in [-0.4, -0.2) is 14.5 Å². The quantitative estimate of drug-likeness (QED) is 0.841. The van der Waals surface area contributed by atoms with E-state index in [4.69, 9.17) is 11.6 Å². The van der Waals surface area contributed by atoms with Crippen molar-refractivity contribution < 1.29 is 0 Å². The van der Waals surface area contributed by atoms with Gasteiger partial charge in [0.25, 0.3) is 5.56 Å². The van der Waals surface area contributed by atoms with Crippen molar-refractivity contribution in [1.82, 2.24) is 14.5 Å². The Morgan fingerprint density at radius 3 is 2.88 bits per heavy atom. The van der Waals surface area contributed by atoms with Crippen molar-refractivity contribution in [2.24, 2.45) is 0 Å². The molecule has 0 unspecified atom stereocenters. The Morgan fingerprint density at radius 1 is 1.47 bits per heavy atom. The van der Waals surface area contributed by atoms with Gasteiger partial charge in [-0.1, -0.05) is 11.6 Å². The maximum absolute atomic E-state index is 11.7. The molecule has 0 saturated heterocycles. The summed E-state index contributed by atoms with van der Waals surface area (Å²) in [5.41, 5.74) is -0.0547. The van der Waals surface area contributed by atoms with Crippen molar-refractivity contribution >= 4 is 22.9 Å². The number of aromatic nitrogens is 3. The van der Waals surface area contributed by atoms with E-state index in [1.807, 2.05) is 5.38 Å². The summed E-state index contributed by atoms with van der Waals surface area (Å²) in [6.07, 6.45) is 2.27. The van der Waals surface area contributed by atoms with Crippen molar-refractivity contribution in [3.63, 3.8) is 0 Å². The second-order valence-electron chi connectivity index (χ2n) is 3.93. The van der Waals surface area contributed by atoms with Gasteiger partial charge in [-0.05, 0) is 12.8 Å². The zero-order valence-corrected chi connectivity index (χ0v) is 10.2. The summed E-state index contributed by atoms with van der Waals surface area (Å²) in [5, 5.41) is 2.33. The molecule has 1 N–H and O–H groups in total. The van der Waals surface area contributed by atoms with Crippen LogP contribution in [0.1, 0.15) is 24.5 Å². The molecule has 0 bridgehead atoms. The van der Waals surface area contributed by atoms with Gasteiger partial charge in [-0.3, -0.25) is 9.78 Å². The minimum Gasteiger partial charge on any atom is -0.297 e. The van der Waals surface area contributed by atoms with E-state index in [2.05, 4.69) is 9.97 Å². The molecule has 0 amide bonds. The van der Waals surface area contributed by atoms with E-state index in [9.17, 15) is 9.59 Å². The number of nitrogens with one attached hydrogen (secondary N) is 1. The highest BCUT2D eigenvalue weighted by atomic mass is 35.5. The Labute approximate surface area is 105 Å². The average molecular weight is 270 g/mol. The van der Waals surface area contributed by atoms with Crippen LogP contribution >= 0.6 is 22.9 Å². The first-order chi connectivity index (χ1) is 8.15. The van der Waals surface area contributed by atoms with Gasteiger partial charge in [0.2, 0.25) is 5.13 Å². The topological polar surface area (TPSA) is 67.8 Å². The lowest BCUT2D eigenvalue weighted by Crippen LogP contribution is -2.32. The van der Waals surface area contributed by atoms with Crippen LogP contribution in [0.3, 0.4) is 0 Å². The van der Waals surface area contributed by atoms with Crippen LogP contribution in [0, 0.1) is 0 Å². The number of rotatable bonds is 2. The molecule has 1 fully saturated rings. The molecule has 7 heteroatoms. The third-order valence-corrected chi connectivity index (χ3v) is 3.64. The second-order valence-corrected chi connectivity index (χ2v) is 5.17. The third-order valence-electron chi connectivity index (χ3n) is 2.60. The fourth-order valence-electron chi connectivity index (χ4n) is 1.59. The SMILES string of the molecule is O=c1cc(Cl)[nH]c(=O)n1-c1nc(C2CC2)cs1. The lowest BCUT2D eigenvalue weighted by molar-refractivity contribution is 0.856. The first-order valence-corrected chi connectivity index (χ1v) is 6.38. The summed E-state index contributed by atoms with van der Waals surface area (Å²) in [5.74, 6) is 0.502. The van der Waals surface area contributed by atoms with E-state index < -0.39 is 11.2 Å². The van der Waals surface area contributed by atoms with Crippen LogP contribution in [0.25, 0.3) is 5.13 Å². The molecule has 3 rings (SSSR count). The van der Waals surface area contributed by atoms with Crippen LogP contribution < -0.4 is 11.2 Å². The normalized spacial score (nSPS) is 15.1. The van der Waals surface area contributed by atoms with E-state index in [0.29, 0.717) is 11.0 Å². The maximum Gasteiger partial charge on any atom is 0.336 e. The van der Waals surface area contributed by atoms with Crippen molar-refractivity contribution in [2.45, 2.75) is 18.8 Å². The van der Waals surface area contributed by atoms with Gasteiger partial charge in [-0.15, -0.1) is 11.3 Å². The predicted octanol–water partition coefficient (Wildman–Crippen LogP) is 1.51. The summed E-state index contributed by atoms with van der Waals surface area (Å²) >= 11 is 6.88. The molecule has 0 aliphatic heterocycles. The molecule has 2 heterocycles. The van der Waals surface area contributed by atoms with Gasteiger partial charge in [0.05, 0.1) is 5.69 Å². The van der Waals surface area contributed by atoms with Gasteiger partial charge < -0.3 is 0 Å². The van der Waals surface area contributed by atoms with Gasteiger partial charge in [-0.2, -0.15) is 0 Å². The summed E-state index contributed by atoms with van der Waals surface area (Å²) in [6, 6.07) is 1.17. The highest BCUT2D eigenvalue weighted by molar-refractivity contribution is 7.12. The Hall–Kier alpha value is -1.40. The van der Waals surface area contributed by atoms with Crippen molar-refractivity contribution in [3.05, 3.63) is 43.1 Å². The van der Waals surface area contributed by atoms with Crippen LogP contribution in [0.15, 0.2) is 21.0 Å². The number of halogens is 1. The number of H-pyrrole nitrogens is 1. The highest BCUT2D eigenvalue weighted by Crippen LogP contribution is 2.40. The van der Waals surface area contributed by atoms with Gasteiger partial charge in [-0.25, -0.2) is 14.3 Å². The van der Waals surface area contributed by atoms with E-state index in [-0.39, 0.29) is 5.15 Å². The smallest absolute Gasteiger partial charge is 0.297 e. The Balaban J connectivity index is 2.14. The van der Waals surface area contributed by atoms with Crippen LogP contribution in [0.4, 0.5) is 0 Å². The fourth-order valence-corrected chi connectivity index (χ4v) is 2.68. The summed E-state index contributed by atoms with van der Waals surface area (Å²) < 4.78 is 1.00. The lowest BCUT2D eigenvalue weighted by atomic mass is 10.3. The minimum absolute atomic E-state index is 0.0372. The molecule has 0 atom stereocenters. The molecule has 2 aromatic rings. The molecule has 0 radical (unpaired) electrons. The minimum atomic E-state index is -0.556. The van der Waals surface area contributed by atoms with Crippen molar-refractivity contribution in [2.75, 3.05) is 0 Å². The molecule has 1 aliphatic carbocycles. The molecule has 0 spiro atoms. The van der Waals surface area contributed by atoms with E-state index in [1.165, 1.54) is 17.4 Å². The molecular formula is C10H8ClN3O2S. The summed E-state index contributed by atoms with van der Waals surface area (Å²) in [6.45, 7) is 0. The van der Waals surface area contributed by atoms with Crippen LogP contribution in [-0.2, 0) is 0 Å². The molecular weight excluding hydrogens is 262 g/mol. The predicted molar refractivity (Wildman–Crippen MR) is 65.3 cm³/mol. The second kappa shape index (κ2) is 3.82. The number of aromatic amines is 1. The number of nitrogens with zero attached hydrogens (tertiary/aromatic N) is 2. The molecule has 0 aromatic carbocycles. The largest absolute Gasteiger partial charge is 0.336 e. The fraction of sp³-hybridized carbons (Fsp3) is 0.300. The Kier molecular flexibility index (Phi) is 2.41. The van der Waals surface area contributed by atoms with E-state index in [1.54, 1.807) is 0 Å². The molecule has 5 nitrogen and oxygen atoms in total. The van der Waals surface area contributed by atoms with Gasteiger partial charge in [0.1, 0.15) is 5.15 Å². The number of hydrogen-bond acceptors (Lipinski definition) is 4. The highest BCUT2D eigenvalue weighted by Gasteiger charge is 2.26. The Bertz CT molecular complexity index is 652. The zero-order chi connectivity index (χ0) is 12.0. The number of hydrogen-bond donors (Lipinski definition) is 1. The number of thiazole rings is 1. The monoisotopic (exact) mass is 269 g/mol. The standard InChI is InChI=1S/C10H8ClN3O2S/c11-7-3-8(15)14(9(16)13-7)10-12-6(4-17-10)5-1-2-5/h3-5H,1-2H2,(H,13,16). The van der Waals surface area contributed by atoms with Crippen molar-refractivity contribution in [3.8, 4) is 5.13 Å². The van der Waals surface area contributed by atoms with E-state index in [0.717, 1.165) is 23.1 Å². The lowest BCUT2D eigenvalue weighted by Gasteiger charge is -1.98. The average Bonchev–Trinajstić information content (AvgIpc) is 2.98. The van der Waals surface area contributed by atoms with Gasteiger partial charge >= 0.3 is 5.69 Å². The third kappa shape index (κ3) is 1.94. The van der Waals surface area contributed by atoms with Crippen LogP contribution in [0.2, 0.25) is 5.15 Å². The maximum atomic E-state index is 11.7. The van der Waals surface area contributed by atoms with Crippen LogP contribution in [0.5, 0.6) is 0 Å². The van der Waals surface area contributed by atoms with E-state index >= 15 is 0 Å². The first-order valence-electron chi connectivity index (χ1n) is 5.13. The van der Waals surface area contributed by atoms with Crippen molar-refractivity contribution in [1.29, 1.82) is 0 Å². The molecule has 1 saturated carbocycles. The molecule has 2 aromatic heterocycles. The first kappa shape index (κ1) is 10.7. The van der Waals surface area contributed by atoms with Gasteiger partial charge in [0.15, 0.2) is 0 Å². The zero-order valence-electron chi connectivity index (χ0n) is 8.64.